The van der Waals surface area contributed by atoms with Crippen molar-refractivity contribution in [1.29, 1.82) is 0 Å². The lowest BCUT2D eigenvalue weighted by Gasteiger charge is -2.33. The number of hydrogen-bond donors (Lipinski definition) is 0. The van der Waals surface area contributed by atoms with Crippen LogP contribution in [0.1, 0.15) is 71.4 Å². The van der Waals surface area contributed by atoms with E-state index in [1.54, 1.807) is 4.90 Å². The van der Waals surface area contributed by atoms with Crippen LogP contribution in [-0.2, 0) is 4.74 Å². The fourth-order valence-electron chi connectivity index (χ4n) is 3.18. The normalized spacial score (nSPS) is 18.8. The number of aromatic nitrogens is 1. The van der Waals surface area contributed by atoms with Crippen LogP contribution in [0, 0.1) is 0 Å². The van der Waals surface area contributed by atoms with E-state index in [1.807, 2.05) is 33.0 Å². The summed E-state index contributed by atoms with van der Waals surface area (Å²) in [5.74, 6) is 0.671. The van der Waals surface area contributed by atoms with E-state index in [0.29, 0.717) is 18.4 Å². The number of nitrogens with zero attached hydrogens (tertiary/aromatic N) is 3. The van der Waals surface area contributed by atoms with Gasteiger partial charge in [-0.25, -0.2) is 9.78 Å². The first-order valence-corrected chi connectivity index (χ1v) is 9.48. The van der Waals surface area contributed by atoms with Gasteiger partial charge in [0.05, 0.1) is 0 Å². The summed E-state index contributed by atoms with van der Waals surface area (Å²) in [5.41, 5.74) is 0.720. The van der Waals surface area contributed by atoms with Gasteiger partial charge in [0.2, 0.25) is 0 Å². The molecule has 1 saturated heterocycles. The highest BCUT2D eigenvalue weighted by Gasteiger charge is 2.25. The van der Waals surface area contributed by atoms with Crippen molar-refractivity contribution in [2.24, 2.45) is 0 Å². The van der Waals surface area contributed by atoms with Crippen molar-refractivity contribution in [3.05, 3.63) is 23.9 Å². The smallest absolute Gasteiger partial charge is 0.416 e. The van der Waals surface area contributed by atoms with E-state index in [9.17, 15) is 4.79 Å². The average molecular weight is 348 g/mol. The number of anilines is 1. The van der Waals surface area contributed by atoms with Crippen molar-refractivity contribution in [1.82, 2.24) is 9.88 Å². The second-order valence-electron chi connectivity index (χ2n) is 7.93. The molecule has 1 aromatic rings. The summed E-state index contributed by atoms with van der Waals surface area (Å²) in [6, 6.07) is 4.50. The fraction of sp³-hybridized carbons (Fsp3) is 0.700. The Morgan fingerprint density at radius 2 is 2.12 bits per heavy atom. The molecule has 0 aliphatic carbocycles. The van der Waals surface area contributed by atoms with Gasteiger partial charge in [0, 0.05) is 18.8 Å². The SMILES string of the molecule is CCCCN(C(=O)OC(C)(C)C)c1ccc(C2CCCCN2C)cn1. The number of piperidine rings is 1. The lowest BCUT2D eigenvalue weighted by molar-refractivity contribution is 0.0578. The second-order valence-corrected chi connectivity index (χ2v) is 7.93. The molecule has 1 unspecified atom stereocenters. The fourth-order valence-corrected chi connectivity index (χ4v) is 3.18. The highest BCUT2D eigenvalue weighted by atomic mass is 16.6. The van der Waals surface area contributed by atoms with Crippen LogP contribution in [0.25, 0.3) is 0 Å². The highest BCUT2D eigenvalue weighted by Crippen LogP contribution is 2.30. The molecule has 2 heterocycles. The quantitative estimate of drug-likeness (QED) is 0.769. The third kappa shape index (κ3) is 5.70. The highest BCUT2D eigenvalue weighted by molar-refractivity contribution is 5.86. The number of carbonyl (C=O) groups excluding carboxylic acids is 1. The van der Waals surface area contributed by atoms with Crippen molar-refractivity contribution < 1.29 is 9.53 Å². The van der Waals surface area contributed by atoms with E-state index in [-0.39, 0.29) is 6.09 Å². The zero-order valence-electron chi connectivity index (χ0n) is 16.4. The topological polar surface area (TPSA) is 45.7 Å². The molecule has 25 heavy (non-hydrogen) atoms. The zero-order chi connectivity index (χ0) is 18.4. The summed E-state index contributed by atoms with van der Waals surface area (Å²) < 4.78 is 5.55. The molecule has 5 nitrogen and oxygen atoms in total. The Balaban J connectivity index is 2.15. The molecule has 1 atom stereocenters. The van der Waals surface area contributed by atoms with Gasteiger partial charge in [-0.3, -0.25) is 9.80 Å². The van der Waals surface area contributed by atoms with Crippen molar-refractivity contribution in [2.75, 3.05) is 25.0 Å². The Morgan fingerprint density at radius 3 is 2.68 bits per heavy atom. The molecule has 1 aliphatic heterocycles. The summed E-state index contributed by atoms with van der Waals surface area (Å²) in [4.78, 5) is 21.2. The molecule has 1 aliphatic rings. The van der Waals surface area contributed by atoms with E-state index in [1.165, 1.54) is 24.8 Å². The van der Waals surface area contributed by atoms with Crippen LogP contribution < -0.4 is 4.90 Å². The number of likely N-dealkylation sites (tertiary alicyclic amines) is 1. The minimum absolute atomic E-state index is 0.323. The van der Waals surface area contributed by atoms with Gasteiger partial charge in [-0.1, -0.05) is 25.8 Å². The molecule has 1 aromatic heterocycles. The van der Waals surface area contributed by atoms with Crippen molar-refractivity contribution >= 4 is 11.9 Å². The number of hydrogen-bond acceptors (Lipinski definition) is 4. The van der Waals surface area contributed by atoms with Gasteiger partial charge in [-0.15, -0.1) is 0 Å². The van der Waals surface area contributed by atoms with Crippen LogP contribution in [0.5, 0.6) is 0 Å². The summed E-state index contributed by atoms with van der Waals surface area (Å²) >= 11 is 0. The molecule has 0 bridgehead atoms. The van der Waals surface area contributed by atoms with Crippen molar-refractivity contribution in [2.45, 2.75) is 71.4 Å². The van der Waals surface area contributed by atoms with E-state index in [0.717, 1.165) is 19.4 Å². The first-order valence-electron chi connectivity index (χ1n) is 9.48. The lowest BCUT2D eigenvalue weighted by Crippen LogP contribution is -2.38. The van der Waals surface area contributed by atoms with Gasteiger partial charge in [0.25, 0.3) is 0 Å². The predicted octanol–water partition coefficient (Wildman–Crippen LogP) is 4.78. The van der Waals surface area contributed by atoms with E-state index in [4.69, 9.17) is 4.74 Å². The number of pyridine rings is 1. The Morgan fingerprint density at radius 1 is 1.36 bits per heavy atom. The van der Waals surface area contributed by atoms with Crippen LogP contribution >= 0.6 is 0 Å². The number of carbonyl (C=O) groups is 1. The Hall–Kier alpha value is -1.62. The summed E-state index contributed by atoms with van der Waals surface area (Å²) in [7, 11) is 2.17. The minimum atomic E-state index is -0.508. The van der Waals surface area contributed by atoms with Crippen LogP contribution in [0.2, 0.25) is 0 Å². The molecular formula is C20H33N3O2. The maximum absolute atomic E-state index is 12.6. The number of unbranched alkanes of at least 4 members (excludes halogenated alkanes) is 1. The minimum Gasteiger partial charge on any atom is -0.443 e. The largest absolute Gasteiger partial charge is 0.443 e. The lowest BCUT2D eigenvalue weighted by atomic mass is 9.97. The predicted molar refractivity (Wildman–Crippen MR) is 102 cm³/mol. The first-order chi connectivity index (χ1) is 11.8. The molecule has 0 radical (unpaired) electrons. The molecule has 0 N–H and O–H groups in total. The summed E-state index contributed by atoms with van der Waals surface area (Å²) in [6.07, 6.45) is 7.24. The number of rotatable bonds is 5. The molecule has 140 valence electrons. The van der Waals surface area contributed by atoms with Crippen LogP contribution in [0.15, 0.2) is 18.3 Å². The molecule has 0 saturated carbocycles. The molecule has 1 amide bonds. The van der Waals surface area contributed by atoms with E-state index < -0.39 is 5.60 Å². The Bertz CT molecular complexity index is 551. The third-order valence-corrected chi connectivity index (χ3v) is 4.55. The maximum Gasteiger partial charge on any atom is 0.416 e. The van der Waals surface area contributed by atoms with Gasteiger partial charge in [-0.2, -0.15) is 0 Å². The number of amides is 1. The zero-order valence-corrected chi connectivity index (χ0v) is 16.4. The standard InChI is InChI=1S/C20H33N3O2/c1-6-7-14-23(19(24)25-20(2,3)4)18-12-11-16(15-21-18)17-10-8-9-13-22(17)5/h11-12,15,17H,6-10,13-14H2,1-5H3. The molecule has 2 rings (SSSR count). The van der Waals surface area contributed by atoms with Crippen molar-refractivity contribution in [3.8, 4) is 0 Å². The average Bonchev–Trinajstić information content (AvgIpc) is 2.55. The van der Waals surface area contributed by atoms with Crippen LogP contribution in [0.4, 0.5) is 10.6 Å². The summed E-state index contributed by atoms with van der Waals surface area (Å²) in [5, 5.41) is 0. The Kier molecular flexibility index (Phi) is 6.82. The second kappa shape index (κ2) is 8.65. The van der Waals surface area contributed by atoms with Gasteiger partial charge >= 0.3 is 6.09 Å². The molecule has 5 heteroatoms. The third-order valence-electron chi connectivity index (χ3n) is 4.55. The number of ether oxygens (including phenoxy) is 1. The van der Waals surface area contributed by atoms with E-state index >= 15 is 0 Å². The molecule has 0 spiro atoms. The molecular weight excluding hydrogens is 314 g/mol. The van der Waals surface area contributed by atoms with Crippen LogP contribution in [-0.4, -0.2) is 41.7 Å². The monoisotopic (exact) mass is 347 g/mol. The van der Waals surface area contributed by atoms with Gasteiger partial charge in [-0.05, 0) is 65.3 Å². The molecule has 0 aromatic carbocycles. The van der Waals surface area contributed by atoms with Gasteiger partial charge in [0.15, 0.2) is 0 Å². The van der Waals surface area contributed by atoms with Crippen LogP contribution in [0.3, 0.4) is 0 Å². The molecule has 1 fully saturated rings. The van der Waals surface area contributed by atoms with Crippen molar-refractivity contribution in [3.63, 3.8) is 0 Å². The Labute approximate surface area is 152 Å². The van der Waals surface area contributed by atoms with Gasteiger partial charge in [0.1, 0.15) is 11.4 Å². The van der Waals surface area contributed by atoms with Gasteiger partial charge < -0.3 is 4.74 Å². The summed E-state index contributed by atoms with van der Waals surface area (Å²) in [6.45, 7) is 9.53. The van der Waals surface area contributed by atoms with E-state index in [2.05, 4.69) is 29.9 Å². The first kappa shape index (κ1) is 19.7. The maximum atomic E-state index is 12.6.